The van der Waals surface area contributed by atoms with Crippen molar-refractivity contribution in [2.24, 2.45) is 29.6 Å². The summed E-state index contributed by atoms with van der Waals surface area (Å²) in [5.74, 6) is 3.50. The van der Waals surface area contributed by atoms with Gasteiger partial charge in [-0.1, -0.05) is 11.6 Å². The largest absolute Gasteiger partial charge is 0.326 e. The fraction of sp³-hybridized carbons (Fsp3) is 0.588. The number of hydrogen-bond donors (Lipinski definition) is 1. The molecule has 4 heteroatoms. The first-order valence-electron chi connectivity index (χ1n) is 7.86. The molecule has 21 heavy (non-hydrogen) atoms. The van der Waals surface area contributed by atoms with E-state index < -0.39 is 0 Å². The number of halogens is 2. The molecule has 5 rings (SSSR count). The highest BCUT2D eigenvalue weighted by molar-refractivity contribution is 9.10. The Hall–Kier alpha value is -0.540. The predicted molar refractivity (Wildman–Crippen MR) is 88.3 cm³/mol. The van der Waals surface area contributed by atoms with Crippen LogP contribution in [0.5, 0.6) is 0 Å². The van der Waals surface area contributed by atoms with Gasteiger partial charge in [-0.15, -0.1) is 0 Å². The molecule has 4 aliphatic carbocycles. The molecule has 4 fully saturated rings. The molecular weight excluding hydrogens is 350 g/mol. The van der Waals surface area contributed by atoms with E-state index in [1.54, 1.807) is 0 Å². The minimum atomic E-state index is 0.220. The molecule has 0 radical (unpaired) electrons. The number of anilines is 1. The molecule has 112 valence electrons. The van der Waals surface area contributed by atoms with Crippen molar-refractivity contribution in [1.29, 1.82) is 0 Å². The van der Waals surface area contributed by atoms with E-state index in [4.69, 9.17) is 11.6 Å². The third kappa shape index (κ3) is 2.53. The highest BCUT2D eigenvalue weighted by Gasteiger charge is 2.50. The molecule has 4 bridgehead atoms. The van der Waals surface area contributed by atoms with E-state index in [0.29, 0.717) is 16.9 Å². The van der Waals surface area contributed by atoms with Gasteiger partial charge in [-0.2, -0.15) is 0 Å². The molecule has 0 spiro atoms. The Balaban J connectivity index is 1.51. The summed E-state index contributed by atoms with van der Waals surface area (Å²) in [5.41, 5.74) is 0.838. The Kier molecular flexibility index (Phi) is 3.54. The number of rotatable bonds is 2. The Bertz CT molecular complexity index is 560. The van der Waals surface area contributed by atoms with E-state index in [-0.39, 0.29) is 11.8 Å². The lowest BCUT2D eigenvalue weighted by atomic mass is 9.51. The average molecular weight is 369 g/mol. The zero-order valence-electron chi connectivity index (χ0n) is 11.8. The summed E-state index contributed by atoms with van der Waals surface area (Å²) in [6.45, 7) is 0. The van der Waals surface area contributed by atoms with Gasteiger partial charge in [0, 0.05) is 16.1 Å². The van der Waals surface area contributed by atoms with Gasteiger partial charge >= 0.3 is 0 Å². The summed E-state index contributed by atoms with van der Waals surface area (Å²) in [4.78, 5) is 12.7. The maximum Gasteiger partial charge on any atom is 0.228 e. The lowest BCUT2D eigenvalue weighted by molar-refractivity contribution is -0.132. The first-order valence-corrected chi connectivity index (χ1v) is 9.03. The van der Waals surface area contributed by atoms with E-state index in [1.807, 2.05) is 18.2 Å². The Morgan fingerprint density at radius 2 is 1.71 bits per heavy atom. The SMILES string of the molecule is O=C(Nc1ccc(Cl)c(Br)c1)C1C2CC3CC(C2)CC1C3. The van der Waals surface area contributed by atoms with Gasteiger partial charge in [-0.05, 0) is 89.9 Å². The molecule has 1 amide bonds. The van der Waals surface area contributed by atoms with Crippen LogP contribution in [0.25, 0.3) is 0 Å². The van der Waals surface area contributed by atoms with Gasteiger partial charge in [0.1, 0.15) is 0 Å². The molecular formula is C17H19BrClNO. The van der Waals surface area contributed by atoms with Gasteiger partial charge in [0.2, 0.25) is 5.91 Å². The standard InChI is InChI=1S/C17H19BrClNO/c18-14-8-13(1-2-15(14)19)20-17(21)16-11-4-9-3-10(6-11)7-12(16)5-9/h1-2,8-12,16H,3-7H2,(H,20,21). The van der Waals surface area contributed by atoms with Crippen LogP contribution in [0.15, 0.2) is 22.7 Å². The monoisotopic (exact) mass is 367 g/mol. The van der Waals surface area contributed by atoms with Crippen molar-refractivity contribution in [3.63, 3.8) is 0 Å². The first-order chi connectivity index (χ1) is 10.1. The number of nitrogens with one attached hydrogen (secondary N) is 1. The second kappa shape index (κ2) is 5.27. The third-order valence-corrected chi connectivity index (χ3v) is 6.93. The van der Waals surface area contributed by atoms with E-state index in [2.05, 4.69) is 21.2 Å². The number of hydrogen-bond acceptors (Lipinski definition) is 1. The van der Waals surface area contributed by atoms with Gasteiger partial charge in [0.05, 0.1) is 5.02 Å². The summed E-state index contributed by atoms with van der Waals surface area (Å²) in [6, 6.07) is 5.58. The van der Waals surface area contributed by atoms with Crippen LogP contribution in [0.2, 0.25) is 5.02 Å². The van der Waals surface area contributed by atoms with Crippen LogP contribution in [0.3, 0.4) is 0 Å². The highest BCUT2D eigenvalue weighted by Crippen LogP contribution is 2.56. The topological polar surface area (TPSA) is 29.1 Å². The van der Waals surface area contributed by atoms with Crippen LogP contribution in [-0.4, -0.2) is 5.91 Å². The molecule has 0 saturated heterocycles. The lowest BCUT2D eigenvalue weighted by Gasteiger charge is -2.53. The van der Waals surface area contributed by atoms with E-state index in [9.17, 15) is 4.79 Å². The lowest BCUT2D eigenvalue weighted by Crippen LogP contribution is -2.49. The van der Waals surface area contributed by atoms with Gasteiger partial charge in [0.15, 0.2) is 0 Å². The van der Waals surface area contributed by atoms with Crippen LogP contribution >= 0.6 is 27.5 Å². The van der Waals surface area contributed by atoms with Crippen LogP contribution < -0.4 is 5.32 Å². The fourth-order valence-electron chi connectivity index (χ4n) is 5.15. The first kappa shape index (κ1) is 14.1. The predicted octanol–water partition coefficient (Wildman–Crippen LogP) is 5.11. The quantitative estimate of drug-likeness (QED) is 0.772. The molecule has 1 N–H and O–H groups in total. The van der Waals surface area contributed by atoms with Crippen molar-refractivity contribution in [3.8, 4) is 0 Å². The van der Waals surface area contributed by atoms with Crippen molar-refractivity contribution in [1.82, 2.24) is 0 Å². The summed E-state index contributed by atoms with van der Waals surface area (Å²) in [6.07, 6.45) is 6.51. The fourth-order valence-corrected chi connectivity index (χ4v) is 5.65. The second-order valence-corrected chi connectivity index (χ2v) is 8.34. The van der Waals surface area contributed by atoms with E-state index in [0.717, 1.165) is 22.0 Å². The van der Waals surface area contributed by atoms with E-state index in [1.165, 1.54) is 32.1 Å². The third-order valence-electron chi connectivity index (χ3n) is 5.72. The Morgan fingerprint density at radius 1 is 1.10 bits per heavy atom. The van der Waals surface area contributed by atoms with Gasteiger partial charge < -0.3 is 5.32 Å². The van der Waals surface area contributed by atoms with Gasteiger partial charge in [-0.25, -0.2) is 0 Å². The molecule has 0 unspecified atom stereocenters. The molecule has 4 aliphatic rings. The highest BCUT2D eigenvalue weighted by atomic mass is 79.9. The Labute approximate surface area is 138 Å². The maximum atomic E-state index is 12.7. The zero-order valence-corrected chi connectivity index (χ0v) is 14.2. The molecule has 1 aromatic rings. The van der Waals surface area contributed by atoms with Crippen molar-refractivity contribution in [2.45, 2.75) is 32.1 Å². The van der Waals surface area contributed by atoms with Crippen LogP contribution in [0.4, 0.5) is 5.69 Å². The molecule has 1 aromatic carbocycles. The summed E-state index contributed by atoms with van der Waals surface area (Å²) < 4.78 is 0.826. The molecule has 2 nitrogen and oxygen atoms in total. The number of benzene rings is 1. The summed E-state index contributed by atoms with van der Waals surface area (Å²) >= 11 is 9.42. The second-order valence-electron chi connectivity index (χ2n) is 7.07. The molecule has 0 atom stereocenters. The van der Waals surface area contributed by atoms with Crippen LogP contribution in [0, 0.1) is 29.6 Å². The number of carbonyl (C=O) groups excluding carboxylic acids is 1. The Morgan fingerprint density at radius 3 is 2.29 bits per heavy atom. The number of amides is 1. The van der Waals surface area contributed by atoms with Gasteiger partial charge in [0.25, 0.3) is 0 Å². The minimum absolute atomic E-state index is 0.220. The molecule has 0 aliphatic heterocycles. The van der Waals surface area contributed by atoms with Crippen molar-refractivity contribution >= 4 is 39.1 Å². The number of carbonyl (C=O) groups is 1. The van der Waals surface area contributed by atoms with Crippen molar-refractivity contribution < 1.29 is 4.79 Å². The summed E-state index contributed by atoms with van der Waals surface area (Å²) in [5, 5.41) is 3.78. The van der Waals surface area contributed by atoms with Crippen molar-refractivity contribution in [3.05, 3.63) is 27.7 Å². The smallest absolute Gasteiger partial charge is 0.228 e. The van der Waals surface area contributed by atoms with Crippen molar-refractivity contribution in [2.75, 3.05) is 5.32 Å². The maximum absolute atomic E-state index is 12.7. The van der Waals surface area contributed by atoms with Crippen LogP contribution in [-0.2, 0) is 4.79 Å². The minimum Gasteiger partial charge on any atom is -0.326 e. The summed E-state index contributed by atoms with van der Waals surface area (Å²) in [7, 11) is 0. The average Bonchev–Trinajstić information content (AvgIpc) is 2.41. The zero-order chi connectivity index (χ0) is 14.6. The van der Waals surface area contributed by atoms with Gasteiger partial charge in [-0.3, -0.25) is 4.79 Å². The molecule has 0 heterocycles. The van der Waals surface area contributed by atoms with Crippen LogP contribution in [0.1, 0.15) is 32.1 Å². The normalized spacial score (nSPS) is 36.8. The van der Waals surface area contributed by atoms with E-state index >= 15 is 0 Å². The molecule has 0 aromatic heterocycles. The molecule has 4 saturated carbocycles.